The van der Waals surface area contributed by atoms with Crippen molar-refractivity contribution in [3.63, 3.8) is 0 Å². The summed E-state index contributed by atoms with van der Waals surface area (Å²) in [6, 6.07) is 4.52. The number of H-pyrrole nitrogens is 1. The average Bonchev–Trinajstić information content (AvgIpc) is 3.09. The van der Waals surface area contributed by atoms with Crippen LogP contribution in [0.25, 0.3) is 0 Å². The highest BCUT2D eigenvalue weighted by Gasteiger charge is 2.30. The molecule has 1 fully saturated rings. The summed E-state index contributed by atoms with van der Waals surface area (Å²) in [6.45, 7) is 6.99. The zero-order valence-corrected chi connectivity index (χ0v) is 17.1. The quantitative estimate of drug-likeness (QED) is 0.834. The number of carbonyl (C=O) groups excluding carboxylic acids is 1. The van der Waals surface area contributed by atoms with E-state index in [9.17, 15) is 4.79 Å². The lowest BCUT2D eigenvalue weighted by Crippen LogP contribution is -2.45. The Morgan fingerprint density at radius 2 is 2.19 bits per heavy atom. The van der Waals surface area contributed by atoms with Gasteiger partial charge >= 0.3 is 6.03 Å². The third-order valence-corrected chi connectivity index (χ3v) is 5.79. The van der Waals surface area contributed by atoms with Crippen molar-refractivity contribution in [3.8, 4) is 0 Å². The summed E-state index contributed by atoms with van der Waals surface area (Å²) in [5.41, 5.74) is 4.58. The molecule has 1 saturated heterocycles. The highest BCUT2D eigenvalue weighted by molar-refractivity contribution is 5.75. The van der Waals surface area contributed by atoms with Crippen LogP contribution in [0.1, 0.15) is 67.7 Å². The topological polar surface area (TPSA) is 66.0 Å². The van der Waals surface area contributed by atoms with Gasteiger partial charge in [0.1, 0.15) is 0 Å². The molecular weight excluding hydrogens is 338 g/mol. The molecule has 2 atom stereocenters. The van der Waals surface area contributed by atoms with Gasteiger partial charge in [0.15, 0.2) is 0 Å². The Labute approximate surface area is 162 Å². The second-order valence-electron chi connectivity index (χ2n) is 7.91. The van der Waals surface area contributed by atoms with Crippen molar-refractivity contribution in [2.75, 3.05) is 6.54 Å². The molecule has 2 aromatic rings. The predicted octanol–water partition coefficient (Wildman–Crippen LogP) is 4.01. The molecule has 27 heavy (non-hydrogen) atoms. The van der Waals surface area contributed by atoms with E-state index in [0.717, 1.165) is 50.0 Å². The molecule has 1 aliphatic rings. The summed E-state index contributed by atoms with van der Waals surface area (Å²) < 4.78 is 2.14. The molecule has 3 heterocycles. The maximum atomic E-state index is 13.1. The molecule has 0 spiro atoms. The van der Waals surface area contributed by atoms with E-state index >= 15 is 0 Å². The van der Waals surface area contributed by atoms with Crippen LogP contribution in [0.4, 0.5) is 4.79 Å². The van der Waals surface area contributed by atoms with Gasteiger partial charge in [-0.25, -0.2) is 4.79 Å². The molecular formula is C21H33N5O. The van der Waals surface area contributed by atoms with Gasteiger partial charge in [-0.1, -0.05) is 12.8 Å². The van der Waals surface area contributed by atoms with E-state index in [1.807, 2.05) is 11.8 Å². The molecule has 6 nitrogen and oxygen atoms in total. The summed E-state index contributed by atoms with van der Waals surface area (Å²) in [7, 11) is 2.07. The van der Waals surface area contributed by atoms with E-state index in [4.69, 9.17) is 0 Å². The first-order valence-corrected chi connectivity index (χ1v) is 10.2. The number of amides is 2. The number of nitrogens with one attached hydrogen (secondary N) is 2. The van der Waals surface area contributed by atoms with Gasteiger partial charge in [-0.05, 0) is 58.6 Å². The van der Waals surface area contributed by atoms with Crippen molar-refractivity contribution in [2.24, 2.45) is 7.05 Å². The Kier molecular flexibility index (Phi) is 6.24. The summed E-state index contributed by atoms with van der Waals surface area (Å²) in [4.78, 5) is 15.1. The Hall–Kier alpha value is -2.24. The molecule has 2 aromatic heterocycles. The van der Waals surface area contributed by atoms with Crippen molar-refractivity contribution >= 4 is 6.03 Å². The SMILES string of the molecule is Cc1n[nH]c(C)c1C1CCCCCN1C(=O)NC(C)CCc1cccn1C. The maximum absolute atomic E-state index is 13.1. The number of aromatic nitrogens is 3. The molecule has 148 valence electrons. The van der Waals surface area contributed by atoms with Crippen LogP contribution in [0.3, 0.4) is 0 Å². The molecule has 0 saturated carbocycles. The van der Waals surface area contributed by atoms with Crippen molar-refractivity contribution in [2.45, 2.75) is 71.4 Å². The molecule has 0 radical (unpaired) electrons. The second-order valence-corrected chi connectivity index (χ2v) is 7.91. The second kappa shape index (κ2) is 8.63. The third kappa shape index (κ3) is 4.54. The molecule has 1 aliphatic heterocycles. The van der Waals surface area contributed by atoms with Crippen LogP contribution >= 0.6 is 0 Å². The average molecular weight is 372 g/mol. The predicted molar refractivity (Wildman–Crippen MR) is 108 cm³/mol. The summed E-state index contributed by atoms with van der Waals surface area (Å²) in [6.07, 6.45) is 8.38. The first-order chi connectivity index (χ1) is 13.0. The largest absolute Gasteiger partial charge is 0.354 e. The first kappa shape index (κ1) is 19.5. The minimum absolute atomic E-state index is 0.0567. The lowest BCUT2D eigenvalue weighted by atomic mass is 9.99. The van der Waals surface area contributed by atoms with Crippen LogP contribution in [-0.2, 0) is 13.5 Å². The monoisotopic (exact) mass is 371 g/mol. The van der Waals surface area contributed by atoms with Gasteiger partial charge in [0, 0.05) is 42.8 Å². The summed E-state index contributed by atoms with van der Waals surface area (Å²) in [5.74, 6) is 0. The van der Waals surface area contributed by atoms with Crippen molar-refractivity contribution in [1.82, 2.24) is 25.0 Å². The molecule has 0 aliphatic carbocycles. The number of carbonyl (C=O) groups is 1. The number of rotatable bonds is 5. The van der Waals surface area contributed by atoms with E-state index in [0.29, 0.717) is 0 Å². The van der Waals surface area contributed by atoms with Crippen molar-refractivity contribution < 1.29 is 4.79 Å². The van der Waals surface area contributed by atoms with Gasteiger partial charge in [-0.2, -0.15) is 5.10 Å². The van der Waals surface area contributed by atoms with Crippen molar-refractivity contribution in [1.29, 1.82) is 0 Å². The summed E-state index contributed by atoms with van der Waals surface area (Å²) in [5, 5.41) is 10.7. The van der Waals surface area contributed by atoms with Crippen LogP contribution in [0.15, 0.2) is 18.3 Å². The highest BCUT2D eigenvalue weighted by atomic mass is 16.2. The fraction of sp³-hybridized carbons (Fsp3) is 0.619. The molecule has 0 aromatic carbocycles. The Morgan fingerprint density at radius 1 is 1.37 bits per heavy atom. The minimum atomic E-state index is 0.0567. The standard InChI is InChI=1S/C21H33N5O/c1-15(11-12-18-9-8-13-25(18)4)22-21(27)26-14-7-5-6-10-19(26)20-16(2)23-24-17(20)3/h8-9,13,15,19H,5-7,10-12,14H2,1-4H3,(H,22,27)(H,23,24). The number of likely N-dealkylation sites (tertiary alicyclic amines) is 1. The maximum Gasteiger partial charge on any atom is 0.318 e. The van der Waals surface area contributed by atoms with Crippen molar-refractivity contribution in [3.05, 3.63) is 41.0 Å². The number of hydrogen-bond donors (Lipinski definition) is 2. The van der Waals surface area contributed by atoms with Gasteiger partial charge in [0.2, 0.25) is 0 Å². The molecule has 0 bridgehead atoms. The van der Waals surface area contributed by atoms with Crippen LogP contribution < -0.4 is 5.32 Å². The van der Waals surface area contributed by atoms with E-state index in [-0.39, 0.29) is 18.1 Å². The van der Waals surface area contributed by atoms with Gasteiger partial charge < -0.3 is 14.8 Å². The van der Waals surface area contributed by atoms with E-state index < -0.39 is 0 Å². The lowest BCUT2D eigenvalue weighted by molar-refractivity contribution is 0.172. The van der Waals surface area contributed by atoms with Gasteiger partial charge in [0.25, 0.3) is 0 Å². The van der Waals surface area contributed by atoms with Gasteiger partial charge in [0.05, 0.1) is 11.7 Å². The number of nitrogens with zero attached hydrogens (tertiary/aromatic N) is 3. The van der Waals surface area contributed by atoms with Crippen LogP contribution in [-0.4, -0.2) is 38.3 Å². The Bertz CT molecular complexity index is 743. The fourth-order valence-corrected chi connectivity index (χ4v) is 4.19. The molecule has 2 unspecified atom stereocenters. The summed E-state index contributed by atoms with van der Waals surface area (Å²) >= 11 is 0. The zero-order chi connectivity index (χ0) is 19.4. The van der Waals surface area contributed by atoms with E-state index in [1.54, 1.807) is 0 Å². The smallest absolute Gasteiger partial charge is 0.318 e. The van der Waals surface area contributed by atoms with Crippen LogP contribution in [0.5, 0.6) is 0 Å². The lowest BCUT2D eigenvalue weighted by Gasteiger charge is -2.32. The van der Waals surface area contributed by atoms with Gasteiger partial charge in [-0.3, -0.25) is 5.10 Å². The van der Waals surface area contributed by atoms with Gasteiger partial charge in [-0.15, -0.1) is 0 Å². The zero-order valence-electron chi connectivity index (χ0n) is 17.1. The van der Waals surface area contributed by atoms with E-state index in [1.165, 1.54) is 17.7 Å². The molecule has 3 rings (SSSR count). The van der Waals surface area contributed by atoms with Crippen LogP contribution in [0.2, 0.25) is 0 Å². The molecule has 2 N–H and O–H groups in total. The minimum Gasteiger partial charge on any atom is -0.354 e. The molecule has 6 heteroatoms. The third-order valence-electron chi connectivity index (χ3n) is 5.79. The molecule has 2 amide bonds. The number of urea groups is 1. The Balaban J connectivity index is 1.66. The number of hydrogen-bond acceptors (Lipinski definition) is 2. The highest BCUT2D eigenvalue weighted by Crippen LogP contribution is 2.33. The number of aromatic amines is 1. The number of aryl methyl sites for hydroxylation is 4. The van der Waals surface area contributed by atoms with E-state index in [2.05, 4.69) is 59.3 Å². The first-order valence-electron chi connectivity index (χ1n) is 10.2. The van der Waals surface area contributed by atoms with Crippen LogP contribution in [0, 0.1) is 13.8 Å². The normalized spacial score (nSPS) is 19.0. The fourth-order valence-electron chi connectivity index (χ4n) is 4.19. The Morgan fingerprint density at radius 3 is 2.85 bits per heavy atom.